The number of hydrogen-bond donors (Lipinski definition) is 1. The number of amidine groups is 1. The lowest BCUT2D eigenvalue weighted by Crippen LogP contribution is -2.33. The van der Waals surface area contributed by atoms with Crippen molar-refractivity contribution in [1.29, 1.82) is 0 Å². The second-order valence-electron chi connectivity index (χ2n) is 6.94. The molecule has 2 amide bonds. The highest BCUT2D eigenvalue weighted by Gasteiger charge is 2.38. The van der Waals surface area contributed by atoms with E-state index in [0.717, 1.165) is 28.1 Å². The molecule has 0 radical (unpaired) electrons. The normalized spacial score (nSPS) is 18.0. The van der Waals surface area contributed by atoms with Crippen LogP contribution in [0, 0.1) is 20.8 Å². The number of anilines is 1. The molecule has 28 heavy (non-hydrogen) atoms. The molecule has 1 unspecified atom stereocenters. The lowest BCUT2D eigenvalue weighted by molar-refractivity contribution is -0.128. The Hall–Kier alpha value is -2.60. The first-order valence-corrected chi connectivity index (χ1v) is 10.3. The molecule has 1 saturated heterocycles. The maximum atomic E-state index is 12.8. The molecular weight excluding hydrogens is 370 g/mol. The number of para-hydroxylation sites is 1. The van der Waals surface area contributed by atoms with E-state index < -0.39 is 5.25 Å². The average Bonchev–Trinajstić information content (AvgIpc) is 2.94. The number of aliphatic imine (C=N–C) groups is 1. The van der Waals surface area contributed by atoms with Gasteiger partial charge in [0.1, 0.15) is 5.25 Å². The van der Waals surface area contributed by atoms with Crippen molar-refractivity contribution in [1.82, 2.24) is 4.90 Å². The fourth-order valence-electron chi connectivity index (χ4n) is 3.05. The van der Waals surface area contributed by atoms with E-state index in [9.17, 15) is 9.59 Å². The monoisotopic (exact) mass is 395 g/mol. The van der Waals surface area contributed by atoms with Crippen LogP contribution in [0.2, 0.25) is 0 Å². The summed E-state index contributed by atoms with van der Waals surface area (Å²) in [4.78, 5) is 31.7. The Bertz CT molecular complexity index is 939. The van der Waals surface area contributed by atoms with Crippen molar-refractivity contribution >= 4 is 40.1 Å². The van der Waals surface area contributed by atoms with Crippen LogP contribution in [-0.4, -0.2) is 33.7 Å². The van der Waals surface area contributed by atoms with Gasteiger partial charge in [0.2, 0.25) is 11.8 Å². The minimum Gasteiger partial charge on any atom is -0.326 e. The minimum atomic E-state index is -0.451. The van der Waals surface area contributed by atoms with Gasteiger partial charge in [0.15, 0.2) is 5.17 Å². The smallest absolute Gasteiger partial charge is 0.242 e. The molecule has 0 aromatic heterocycles. The van der Waals surface area contributed by atoms with Crippen molar-refractivity contribution in [2.24, 2.45) is 4.99 Å². The first-order valence-electron chi connectivity index (χ1n) is 9.38. The molecule has 1 fully saturated rings. The van der Waals surface area contributed by atoms with Crippen molar-refractivity contribution in [2.75, 3.05) is 11.9 Å². The van der Waals surface area contributed by atoms with Crippen molar-refractivity contribution in [3.05, 3.63) is 59.2 Å². The Balaban J connectivity index is 1.74. The van der Waals surface area contributed by atoms with Gasteiger partial charge in [-0.15, -0.1) is 0 Å². The lowest BCUT2D eigenvalue weighted by atomic mass is 10.1. The second kappa shape index (κ2) is 8.61. The van der Waals surface area contributed by atoms with Crippen LogP contribution in [0.1, 0.15) is 30.0 Å². The van der Waals surface area contributed by atoms with Crippen molar-refractivity contribution in [2.45, 2.75) is 39.4 Å². The molecule has 1 atom stereocenters. The molecule has 1 aliphatic rings. The van der Waals surface area contributed by atoms with E-state index >= 15 is 0 Å². The van der Waals surface area contributed by atoms with Crippen LogP contribution in [0.5, 0.6) is 0 Å². The van der Waals surface area contributed by atoms with Gasteiger partial charge in [0.25, 0.3) is 0 Å². The summed E-state index contributed by atoms with van der Waals surface area (Å²) in [5.74, 6) is -0.219. The van der Waals surface area contributed by atoms with E-state index in [2.05, 4.69) is 10.3 Å². The van der Waals surface area contributed by atoms with E-state index in [1.807, 2.05) is 70.2 Å². The zero-order chi connectivity index (χ0) is 20.3. The van der Waals surface area contributed by atoms with E-state index in [0.29, 0.717) is 11.7 Å². The van der Waals surface area contributed by atoms with Gasteiger partial charge in [-0.25, -0.2) is 4.99 Å². The van der Waals surface area contributed by atoms with Crippen molar-refractivity contribution in [3.8, 4) is 0 Å². The molecule has 2 aromatic carbocycles. The molecule has 3 rings (SSSR count). The van der Waals surface area contributed by atoms with Crippen molar-refractivity contribution < 1.29 is 9.59 Å². The van der Waals surface area contributed by atoms with Crippen LogP contribution < -0.4 is 5.32 Å². The average molecular weight is 396 g/mol. The third kappa shape index (κ3) is 4.44. The highest BCUT2D eigenvalue weighted by Crippen LogP contribution is 2.32. The Morgan fingerprint density at radius 2 is 1.89 bits per heavy atom. The molecular formula is C22H25N3O2S. The van der Waals surface area contributed by atoms with E-state index in [-0.39, 0.29) is 18.2 Å². The Labute approximate surface area is 170 Å². The Kier molecular flexibility index (Phi) is 6.19. The van der Waals surface area contributed by atoms with Gasteiger partial charge < -0.3 is 5.32 Å². The second-order valence-corrected chi connectivity index (χ2v) is 8.11. The molecule has 2 aromatic rings. The van der Waals surface area contributed by atoms with E-state index in [1.54, 1.807) is 4.90 Å². The number of carbonyl (C=O) groups is 2. The van der Waals surface area contributed by atoms with Gasteiger partial charge in [-0.2, -0.15) is 0 Å². The van der Waals surface area contributed by atoms with Gasteiger partial charge in [-0.1, -0.05) is 42.1 Å². The van der Waals surface area contributed by atoms with Gasteiger partial charge >= 0.3 is 0 Å². The summed E-state index contributed by atoms with van der Waals surface area (Å²) in [6, 6.07) is 13.7. The van der Waals surface area contributed by atoms with Crippen molar-refractivity contribution in [3.63, 3.8) is 0 Å². The molecule has 1 heterocycles. The maximum Gasteiger partial charge on any atom is 0.242 e. The summed E-state index contributed by atoms with van der Waals surface area (Å²) in [5.41, 5.74) is 4.77. The standard InChI is InChI=1S/C22H25N3O2S/c1-5-25-21(27)19(28-22(25)24-17-9-7-6-8-15(17)3)13-20(26)23-18-12-14(2)10-11-16(18)4/h6-12,19H,5,13H2,1-4H3,(H,23,26). The summed E-state index contributed by atoms with van der Waals surface area (Å²) in [7, 11) is 0. The number of thioether (sulfide) groups is 1. The molecule has 6 heteroatoms. The first kappa shape index (κ1) is 20.1. The molecule has 0 bridgehead atoms. The zero-order valence-electron chi connectivity index (χ0n) is 16.7. The highest BCUT2D eigenvalue weighted by molar-refractivity contribution is 8.15. The zero-order valence-corrected chi connectivity index (χ0v) is 17.5. The molecule has 1 aliphatic heterocycles. The summed E-state index contributed by atoms with van der Waals surface area (Å²) < 4.78 is 0. The van der Waals surface area contributed by atoms with E-state index in [1.165, 1.54) is 11.8 Å². The number of benzene rings is 2. The van der Waals surface area contributed by atoms with Gasteiger partial charge in [0.05, 0.1) is 5.69 Å². The SMILES string of the molecule is CCN1C(=O)C(CC(=O)Nc2cc(C)ccc2C)SC1=Nc1ccccc1C. The molecule has 146 valence electrons. The lowest BCUT2D eigenvalue weighted by Gasteiger charge is -2.14. The third-order valence-electron chi connectivity index (χ3n) is 4.71. The number of nitrogens with one attached hydrogen (secondary N) is 1. The Morgan fingerprint density at radius 3 is 2.61 bits per heavy atom. The molecule has 0 aliphatic carbocycles. The summed E-state index contributed by atoms with van der Waals surface area (Å²) in [5, 5.41) is 3.15. The van der Waals surface area contributed by atoms with Crippen LogP contribution in [0.25, 0.3) is 0 Å². The van der Waals surface area contributed by atoms with E-state index in [4.69, 9.17) is 0 Å². The minimum absolute atomic E-state index is 0.0593. The van der Waals surface area contributed by atoms with Crippen LogP contribution in [0.3, 0.4) is 0 Å². The maximum absolute atomic E-state index is 12.8. The largest absolute Gasteiger partial charge is 0.326 e. The molecule has 1 N–H and O–H groups in total. The van der Waals surface area contributed by atoms with Gasteiger partial charge in [-0.05, 0) is 56.5 Å². The van der Waals surface area contributed by atoms with Gasteiger partial charge in [0, 0.05) is 18.7 Å². The van der Waals surface area contributed by atoms with Gasteiger partial charge in [-0.3, -0.25) is 14.5 Å². The van der Waals surface area contributed by atoms with Crippen LogP contribution >= 0.6 is 11.8 Å². The first-order chi connectivity index (χ1) is 13.4. The van der Waals surface area contributed by atoms with Crippen LogP contribution in [-0.2, 0) is 9.59 Å². The predicted octanol–water partition coefficient (Wildman–Crippen LogP) is 4.59. The van der Waals surface area contributed by atoms with Crippen LogP contribution in [0.15, 0.2) is 47.5 Å². The molecule has 0 saturated carbocycles. The molecule has 0 spiro atoms. The number of rotatable bonds is 5. The predicted molar refractivity (Wildman–Crippen MR) is 116 cm³/mol. The third-order valence-corrected chi connectivity index (χ3v) is 5.88. The molecule has 5 nitrogen and oxygen atoms in total. The number of aryl methyl sites for hydroxylation is 3. The number of nitrogens with zero attached hydrogens (tertiary/aromatic N) is 2. The number of carbonyl (C=O) groups excluding carboxylic acids is 2. The topological polar surface area (TPSA) is 61.8 Å². The quantitative estimate of drug-likeness (QED) is 0.805. The summed E-state index contributed by atoms with van der Waals surface area (Å²) in [6.45, 7) is 8.39. The fraction of sp³-hybridized carbons (Fsp3) is 0.318. The summed E-state index contributed by atoms with van der Waals surface area (Å²) in [6.07, 6.45) is 0.125. The fourth-order valence-corrected chi connectivity index (χ4v) is 4.26. The number of hydrogen-bond acceptors (Lipinski definition) is 4. The Morgan fingerprint density at radius 1 is 1.14 bits per heavy atom. The highest BCUT2D eigenvalue weighted by atomic mass is 32.2. The summed E-state index contributed by atoms with van der Waals surface area (Å²) >= 11 is 1.37. The van der Waals surface area contributed by atoms with Crippen LogP contribution in [0.4, 0.5) is 11.4 Å². The number of amides is 2.